The van der Waals surface area contributed by atoms with Crippen molar-refractivity contribution in [1.82, 2.24) is 19.9 Å². The quantitative estimate of drug-likeness (QED) is 0.862. The fourth-order valence-corrected chi connectivity index (χ4v) is 2.69. The normalized spacial score (nSPS) is 15.8. The van der Waals surface area contributed by atoms with Crippen LogP contribution in [0.15, 0.2) is 24.7 Å². The molecule has 1 saturated heterocycles. The van der Waals surface area contributed by atoms with Crippen LogP contribution in [0.1, 0.15) is 31.2 Å². The molecule has 0 spiro atoms. The molecule has 3 heterocycles. The third-order valence-electron chi connectivity index (χ3n) is 3.90. The molecule has 0 N–H and O–H groups in total. The van der Waals surface area contributed by atoms with Gasteiger partial charge in [-0.15, -0.1) is 0 Å². The van der Waals surface area contributed by atoms with Gasteiger partial charge in [-0.25, -0.2) is 19.9 Å². The summed E-state index contributed by atoms with van der Waals surface area (Å²) in [4.78, 5) is 19.5. The molecule has 2 aromatic rings. The fraction of sp³-hybridized carbons (Fsp3) is 0.500. The van der Waals surface area contributed by atoms with Crippen LogP contribution in [-0.4, -0.2) is 39.1 Å². The number of ether oxygens (including phenoxy) is 1. The predicted octanol–water partition coefficient (Wildman–Crippen LogP) is 2.19. The largest absolute Gasteiger partial charge is 0.460 e. The summed E-state index contributed by atoms with van der Waals surface area (Å²) in [6, 6.07) is 2.26. The van der Waals surface area contributed by atoms with Crippen molar-refractivity contribution in [2.75, 3.05) is 18.0 Å². The molecule has 0 aromatic carbocycles. The van der Waals surface area contributed by atoms with Gasteiger partial charge in [-0.05, 0) is 19.4 Å². The van der Waals surface area contributed by atoms with E-state index in [1.807, 2.05) is 13.1 Å². The summed E-state index contributed by atoms with van der Waals surface area (Å²) in [6.07, 6.45) is 8.37. The minimum Gasteiger partial charge on any atom is -0.460 e. The van der Waals surface area contributed by atoms with Crippen LogP contribution in [0.5, 0.6) is 6.01 Å². The molecule has 0 radical (unpaired) electrons. The third-order valence-corrected chi connectivity index (χ3v) is 3.90. The molecule has 3 rings (SSSR count). The van der Waals surface area contributed by atoms with E-state index < -0.39 is 0 Å². The lowest BCUT2D eigenvalue weighted by atomic mass is 10.1. The molecule has 22 heavy (non-hydrogen) atoms. The van der Waals surface area contributed by atoms with Gasteiger partial charge in [0.1, 0.15) is 17.7 Å². The van der Waals surface area contributed by atoms with Gasteiger partial charge in [-0.1, -0.05) is 6.92 Å². The first-order valence-electron chi connectivity index (χ1n) is 7.77. The van der Waals surface area contributed by atoms with E-state index in [0.29, 0.717) is 6.01 Å². The molecule has 0 atom stereocenters. The highest BCUT2D eigenvalue weighted by Gasteiger charge is 2.23. The lowest BCUT2D eigenvalue weighted by molar-refractivity contribution is 0.156. The Bertz CT molecular complexity index is 611. The van der Waals surface area contributed by atoms with Crippen LogP contribution in [0.4, 0.5) is 5.82 Å². The van der Waals surface area contributed by atoms with E-state index in [2.05, 4.69) is 31.8 Å². The number of aromatic nitrogens is 4. The second-order valence-corrected chi connectivity index (χ2v) is 5.46. The van der Waals surface area contributed by atoms with Gasteiger partial charge >= 0.3 is 6.01 Å². The van der Waals surface area contributed by atoms with Gasteiger partial charge in [0, 0.05) is 50.1 Å². The molecule has 0 amide bonds. The number of piperidine rings is 1. The molecule has 1 aliphatic heterocycles. The number of aryl methyl sites for hydroxylation is 2. The Labute approximate surface area is 130 Å². The first-order valence-corrected chi connectivity index (χ1v) is 7.77. The SMILES string of the molecule is CCc1cnc(C)nc1N1CCC(Oc2ncccn2)CC1. The van der Waals surface area contributed by atoms with Crippen molar-refractivity contribution in [3.8, 4) is 6.01 Å². The number of hydrogen-bond acceptors (Lipinski definition) is 6. The van der Waals surface area contributed by atoms with Crippen molar-refractivity contribution in [3.63, 3.8) is 0 Å². The molecule has 1 aliphatic rings. The zero-order valence-electron chi connectivity index (χ0n) is 13.1. The van der Waals surface area contributed by atoms with Gasteiger partial charge in [-0.2, -0.15) is 0 Å². The zero-order chi connectivity index (χ0) is 15.4. The number of hydrogen-bond donors (Lipinski definition) is 0. The molecular weight excluding hydrogens is 278 g/mol. The maximum atomic E-state index is 5.84. The Morgan fingerprint density at radius 2 is 1.91 bits per heavy atom. The maximum absolute atomic E-state index is 5.84. The van der Waals surface area contributed by atoms with Crippen molar-refractivity contribution >= 4 is 5.82 Å². The second kappa shape index (κ2) is 6.68. The van der Waals surface area contributed by atoms with E-state index >= 15 is 0 Å². The van der Waals surface area contributed by atoms with Crippen LogP contribution in [0.2, 0.25) is 0 Å². The van der Waals surface area contributed by atoms with Crippen LogP contribution in [0.3, 0.4) is 0 Å². The van der Waals surface area contributed by atoms with Gasteiger partial charge in [0.2, 0.25) is 0 Å². The summed E-state index contributed by atoms with van der Waals surface area (Å²) >= 11 is 0. The summed E-state index contributed by atoms with van der Waals surface area (Å²) in [7, 11) is 0. The van der Waals surface area contributed by atoms with Gasteiger partial charge in [0.15, 0.2) is 0 Å². The highest BCUT2D eigenvalue weighted by atomic mass is 16.5. The van der Waals surface area contributed by atoms with E-state index in [9.17, 15) is 0 Å². The average Bonchev–Trinajstić information content (AvgIpc) is 2.56. The van der Waals surface area contributed by atoms with E-state index in [0.717, 1.165) is 44.0 Å². The number of rotatable bonds is 4. The highest BCUT2D eigenvalue weighted by Crippen LogP contribution is 2.23. The molecule has 0 saturated carbocycles. The first kappa shape index (κ1) is 14.7. The van der Waals surface area contributed by atoms with Gasteiger partial charge in [0.05, 0.1) is 0 Å². The van der Waals surface area contributed by atoms with Gasteiger partial charge < -0.3 is 9.64 Å². The maximum Gasteiger partial charge on any atom is 0.316 e. The van der Waals surface area contributed by atoms with E-state index in [1.54, 1.807) is 18.5 Å². The second-order valence-electron chi connectivity index (χ2n) is 5.46. The molecule has 0 unspecified atom stereocenters. The van der Waals surface area contributed by atoms with Gasteiger partial charge in [0.25, 0.3) is 0 Å². The van der Waals surface area contributed by atoms with Crippen molar-refractivity contribution in [1.29, 1.82) is 0 Å². The summed E-state index contributed by atoms with van der Waals surface area (Å²) < 4.78 is 5.84. The summed E-state index contributed by atoms with van der Waals surface area (Å²) in [5, 5.41) is 0. The number of anilines is 1. The third kappa shape index (κ3) is 3.32. The monoisotopic (exact) mass is 299 g/mol. The minimum atomic E-state index is 0.173. The zero-order valence-corrected chi connectivity index (χ0v) is 13.1. The van der Waals surface area contributed by atoms with Crippen LogP contribution in [0, 0.1) is 6.92 Å². The lowest BCUT2D eigenvalue weighted by Gasteiger charge is -2.33. The molecule has 6 heteroatoms. The van der Waals surface area contributed by atoms with E-state index in [-0.39, 0.29) is 6.10 Å². The Hall–Kier alpha value is -2.24. The topological polar surface area (TPSA) is 64.0 Å². The Kier molecular flexibility index (Phi) is 4.46. The first-order chi connectivity index (χ1) is 10.8. The predicted molar refractivity (Wildman–Crippen MR) is 84.0 cm³/mol. The van der Waals surface area contributed by atoms with Crippen LogP contribution >= 0.6 is 0 Å². The fourth-order valence-electron chi connectivity index (χ4n) is 2.69. The molecule has 0 bridgehead atoms. The molecule has 0 aliphatic carbocycles. The smallest absolute Gasteiger partial charge is 0.316 e. The molecule has 2 aromatic heterocycles. The standard InChI is InChI=1S/C16H21N5O/c1-3-13-11-19-12(2)20-15(13)21-9-5-14(6-10-21)22-16-17-7-4-8-18-16/h4,7-8,11,14H,3,5-6,9-10H2,1-2H3. The van der Waals surface area contributed by atoms with Crippen molar-refractivity contribution in [2.45, 2.75) is 39.2 Å². The molecule has 116 valence electrons. The van der Waals surface area contributed by atoms with Crippen LogP contribution < -0.4 is 9.64 Å². The summed E-state index contributed by atoms with van der Waals surface area (Å²) in [6.45, 7) is 5.94. The highest BCUT2D eigenvalue weighted by molar-refractivity contribution is 5.46. The Balaban J connectivity index is 1.63. The van der Waals surface area contributed by atoms with Gasteiger partial charge in [-0.3, -0.25) is 0 Å². The number of nitrogens with zero attached hydrogens (tertiary/aromatic N) is 5. The summed E-state index contributed by atoms with van der Waals surface area (Å²) in [5.41, 5.74) is 1.20. The van der Waals surface area contributed by atoms with E-state index in [4.69, 9.17) is 4.74 Å². The summed E-state index contributed by atoms with van der Waals surface area (Å²) in [5.74, 6) is 1.90. The molecule has 6 nitrogen and oxygen atoms in total. The minimum absolute atomic E-state index is 0.173. The lowest BCUT2D eigenvalue weighted by Crippen LogP contribution is -2.39. The average molecular weight is 299 g/mol. The molecular formula is C16H21N5O. The van der Waals surface area contributed by atoms with Crippen molar-refractivity contribution < 1.29 is 4.74 Å². The van der Waals surface area contributed by atoms with Crippen molar-refractivity contribution in [2.24, 2.45) is 0 Å². The van der Waals surface area contributed by atoms with Crippen LogP contribution in [-0.2, 0) is 6.42 Å². The Morgan fingerprint density at radius 3 is 2.59 bits per heavy atom. The van der Waals surface area contributed by atoms with Crippen molar-refractivity contribution in [3.05, 3.63) is 36.0 Å². The van der Waals surface area contributed by atoms with Crippen LogP contribution in [0.25, 0.3) is 0 Å². The Morgan fingerprint density at radius 1 is 1.18 bits per heavy atom. The van der Waals surface area contributed by atoms with E-state index in [1.165, 1.54) is 5.56 Å². The molecule has 1 fully saturated rings.